The summed E-state index contributed by atoms with van der Waals surface area (Å²) >= 11 is 2.26. The Morgan fingerprint density at radius 3 is 1.37 bits per heavy atom. The zero-order chi connectivity index (χ0) is 21.0. The molecule has 0 aromatic rings. The van der Waals surface area contributed by atoms with Gasteiger partial charge in [-0.2, -0.15) is 0 Å². The van der Waals surface area contributed by atoms with Crippen LogP contribution in [-0.4, -0.2) is 18.7 Å². The molecule has 144 valence electrons. The fourth-order valence-electron chi connectivity index (χ4n) is 2.12. The summed E-state index contributed by atoms with van der Waals surface area (Å²) in [5.74, 6) is 0.220. The normalized spacial score (nSPS) is 17.1. The molecule has 0 saturated carbocycles. The van der Waals surface area contributed by atoms with Crippen LogP contribution in [0.25, 0.3) is 0 Å². The lowest BCUT2D eigenvalue weighted by molar-refractivity contribution is 0.414. The van der Waals surface area contributed by atoms with Gasteiger partial charge in [0.1, 0.15) is 11.5 Å². The fraction of sp³-hybridized carbons (Fsp3) is 0.130. The van der Waals surface area contributed by atoms with Crippen molar-refractivity contribution in [2.24, 2.45) is 0 Å². The van der Waals surface area contributed by atoms with Gasteiger partial charge in [-0.3, -0.25) is 0 Å². The average molecular weight is 478 g/mol. The molecule has 3 N–H and O–H groups in total. The van der Waals surface area contributed by atoms with Crippen molar-refractivity contribution in [3.05, 3.63) is 121 Å². The zero-order valence-corrected chi connectivity index (χ0v) is 18.0. The molecule has 0 aliphatic rings. The maximum Gasteiger partial charge on any atom is 0.114 e. The third-order valence-corrected chi connectivity index (χ3v) is 5.74. The highest BCUT2D eigenvalue weighted by atomic mass is 127. The van der Waals surface area contributed by atoms with Gasteiger partial charge in [0, 0.05) is 0 Å². The van der Waals surface area contributed by atoms with Gasteiger partial charge in [0.05, 0.1) is 9.18 Å². The Morgan fingerprint density at radius 1 is 0.667 bits per heavy atom. The van der Waals surface area contributed by atoms with Crippen LogP contribution in [0, 0.1) is 0 Å². The number of aliphatic hydroxyl groups is 3. The molecule has 27 heavy (non-hydrogen) atoms. The van der Waals surface area contributed by atoms with Gasteiger partial charge in [0.25, 0.3) is 0 Å². The molecule has 0 bridgehead atoms. The van der Waals surface area contributed by atoms with E-state index in [-0.39, 0.29) is 17.3 Å². The lowest BCUT2D eigenvalue weighted by Crippen LogP contribution is -2.26. The first-order valence-electron chi connectivity index (χ1n) is 8.13. The van der Waals surface area contributed by atoms with Crippen LogP contribution >= 0.6 is 22.6 Å². The molecule has 0 heterocycles. The minimum absolute atomic E-state index is 0.0224. The van der Waals surface area contributed by atoms with E-state index in [2.05, 4.69) is 48.9 Å². The van der Waals surface area contributed by atoms with Crippen LogP contribution in [-0.2, 0) is 0 Å². The molecule has 0 saturated heterocycles. The monoisotopic (exact) mass is 478 g/mol. The van der Waals surface area contributed by atoms with Crippen molar-refractivity contribution < 1.29 is 15.3 Å². The molecule has 0 unspecified atom stereocenters. The lowest BCUT2D eigenvalue weighted by atomic mass is 9.83. The number of alkyl halides is 1. The maximum atomic E-state index is 9.70. The summed E-state index contributed by atoms with van der Waals surface area (Å²) < 4.78 is -0.719. The minimum atomic E-state index is -0.719. The topological polar surface area (TPSA) is 60.7 Å². The van der Waals surface area contributed by atoms with Gasteiger partial charge in [-0.05, 0) is 60.9 Å². The van der Waals surface area contributed by atoms with Gasteiger partial charge in [-0.25, -0.2) is 0 Å². The average Bonchev–Trinajstić information content (AvgIpc) is 2.65. The molecule has 3 nitrogen and oxygen atoms in total. The smallest absolute Gasteiger partial charge is 0.114 e. The Balaban J connectivity index is 6.80. The molecule has 0 amide bonds. The fourth-order valence-corrected chi connectivity index (χ4v) is 3.10. The predicted molar refractivity (Wildman–Crippen MR) is 125 cm³/mol. The van der Waals surface area contributed by atoms with Gasteiger partial charge in [0.2, 0.25) is 0 Å². The molecule has 0 aliphatic carbocycles. The SMILES string of the molecule is C=C/C(O)=C\C=C(/C=C)C(I)(/C(C)=C/C=C(\C)O)/C(C=C)=C/C=C(/O)C=C. The molecule has 0 aromatic heterocycles. The molecule has 0 aromatic carbocycles. The molecule has 0 atom stereocenters. The van der Waals surface area contributed by atoms with Crippen molar-refractivity contribution in [1.29, 1.82) is 0 Å². The van der Waals surface area contributed by atoms with Crippen LogP contribution in [0.1, 0.15) is 13.8 Å². The van der Waals surface area contributed by atoms with Crippen molar-refractivity contribution >= 4 is 22.6 Å². The van der Waals surface area contributed by atoms with Crippen LogP contribution in [0.2, 0.25) is 0 Å². The Labute approximate surface area is 176 Å². The van der Waals surface area contributed by atoms with Gasteiger partial charge in [-0.1, -0.05) is 79.3 Å². The molecular weight excluding hydrogens is 451 g/mol. The predicted octanol–water partition coefficient (Wildman–Crippen LogP) is 7.05. The van der Waals surface area contributed by atoms with Crippen molar-refractivity contribution in [2.75, 3.05) is 0 Å². The number of halogens is 1. The van der Waals surface area contributed by atoms with E-state index in [0.717, 1.165) is 16.7 Å². The summed E-state index contributed by atoms with van der Waals surface area (Å²) in [6.45, 7) is 18.3. The highest BCUT2D eigenvalue weighted by Crippen LogP contribution is 2.44. The molecular formula is C23H27IO3. The lowest BCUT2D eigenvalue weighted by Gasteiger charge is -2.32. The van der Waals surface area contributed by atoms with Crippen LogP contribution in [0.5, 0.6) is 0 Å². The summed E-state index contributed by atoms with van der Waals surface area (Å²) in [7, 11) is 0. The summed E-state index contributed by atoms with van der Waals surface area (Å²) in [4.78, 5) is 0. The van der Waals surface area contributed by atoms with Crippen molar-refractivity contribution in [3.8, 4) is 0 Å². The Hall–Kier alpha value is -2.47. The molecule has 0 aliphatic heterocycles. The number of rotatable bonds is 10. The summed E-state index contributed by atoms with van der Waals surface area (Å²) in [5, 5.41) is 28.9. The molecule has 0 fully saturated rings. The third-order valence-electron chi connectivity index (χ3n) is 3.64. The summed E-state index contributed by atoms with van der Waals surface area (Å²) in [6.07, 6.45) is 15.9. The second-order valence-electron chi connectivity index (χ2n) is 5.56. The zero-order valence-electron chi connectivity index (χ0n) is 15.8. The maximum absolute atomic E-state index is 9.70. The van der Waals surface area contributed by atoms with Gasteiger partial charge < -0.3 is 15.3 Å². The van der Waals surface area contributed by atoms with E-state index in [4.69, 9.17) is 0 Å². The number of hydrogen-bond donors (Lipinski definition) is 3. The van der Waals surface area contributed by atoms with Crippen LogP contribution < -0.4 is 0 Å². The Kier molecular flexibility index (Phi) is 10.9. The molecule has 0 radical (unpaired) electrons. The van der Waals surface area contributed by atoms with E-state index < -0.39 is 3.42 Å². The van der Waals surface area contributed by atoms with Crippen LogP contribution in [0.15, 0.2) is 121 Å². The van der Waals surface area contributed by atoms with Crippen molar-refractivity contribution in [2.45, 2.75) is 17.3 Å². The van der Waals surface area contributed by atoms with Crippen LogP contribution in [0.4, 0.5) is 0 Å². The first kappa shape index (κ1) is 24.5. The van der Waals surface area contributed by atoms with E-state index >= 15 is 0 Å². The second kappa shape index (κ2) is 12.0. The molecule has 0 spiro atoms. The highest BCUT2D eigenvalue weighted by molar-refractivity contribution is 14.1. The van der Waals surface area contributed by atoms with Gasteiger partial charge in [0.15, 0.2) is 0 Å². The van der Waals surface area contributed by atoms with Crippen molar-refractivity contribution in [1.82, 2.24) is 0 Å². The number of hydrogen-bond acceptors (Lipinski definition) is 3. The summed E-state index contributed by atoms with van der Waals surface area (Å²) in [5.41, 5.74) is 2.42. The third kappa shape index (κ3) is 7.35. The Bertz CT molecular complexity index is 721. The Morgan fingerprint density at radius 2 is 1.07 bits per heavy atom. The summed E-state index contributed by atoms with van der Waals surface area (Å²) in [6, 6.07) is 0. The minimum Gasteiger partial charge on any atom is -0.513 e. The number of allylic oxidation sites excluding steroid dienone is 14. The van der Waals surface area contributed by atoms with E-state index in [1.807, 2.05) is 6.92 Å². The first-order chi connectivity index (χ1) is 12.7. The van der Waals surface area contributed by atoms with Gasteiger partial charge in [-0.15, -0.1) is 0 Å². The van der Waals surface area contributed by atoms with E-state index in [9.17, 15) is 15.3 Å². The van der Waals surface area contributed by atoms with E-state index in [0.29, 0.717) is 0 Å². The van der Waals surface area contributed by atoms with Crippen molar-refractivity contribution in [3.63, 3.8) is 0 Å². The second-order valence-corrected chi connectivity index (χ2v) is 7.18. The molecule has 4 heteroatoms. The molecule has 0 rings (SSSR count). The first-order valence-corrected chi connectivity index (χ1v) is 9.21. The standard InChI is InChI=1S/C23H27IO3/c1-7-19(13-15-21(26)9-3)23(24,17(5)11-12-18(6)25)20(8-2)14-16-22(27)10-4/h7-16,25-27H,1-4H2,5-6H3/b17-11+,18-12+,19-13+,20-14+,21-15+,22-16+. The van der Waals surface area contributed by atoms with Crippen LogP contribution in [0.3, 0.4) is 0 Å². The quantitative estimate of drug-likeness (QED) is 0.137. The number of aliphatic hydroxyl groups excluding tert-OH is 3. The largest absolute Gasteiger partial charge is 0.513 e. The highest BCUT2D eigenvalue weighted by Gasteiger charge is 2.34. The van der Waals surface area contributed by atoms with Gasteiger partial charge >= 0.3 is 0 Å². The van der Waals surface area contributed by atoms with E-state index in [1.165, 1.54) is 24.3 Å². The van der Waals surface area contributed by atoms with E-state index in [1.54, 1.807) is 43.4 Å².